The molecule has 4 aliphatic rings. The van der Waals surface area contributed by atoms with Gasteiger partial charge in [-0.2, -0.15) is 8.42 Å². The summed E-state index contributed by atoms with van der Waals surface area (Å²) in [6.45, 7) is 15.2. The number of carbonyl (C=O) groups is 6. The fourth-order valence-corrected chi connectivity index (χ4v) is 15.5. The topological polar surface area (TPSA) is 606 Å². The number of aliphatic carboxylic acids is 1. The number of benzene rings is 4. The zero-order valence-corrected chi connectivity index (χ0v) is 68.4. The molecule has 4 aromatic carbocycles. The zero-order valence-electron chi connectivity index (χ0n) is 66.8. The largest absolute Gasteiger partial charge is 0.508 e. The Bertz CT molecular complexity index is 5760. The number of aromatic hydroxyl groups is 4. The van der Waals surface area contributed by atoms with Gasteiger partial charge in [-0.25, -0.2) is 29.3 Å². The number of allylic oxidation sites excluding steroid dienone is 9. The number of aryl methyl sites for hydroxylation is 1. The number of phenols is 4. The molecule has 0 saturated carbocycles. The molecule has 0 radical (unpaired) electrons. The Hall–Kier alpha value is -12.1. The number of nitrogens with zero attached hydrogens (tertiary/aromatic N) is 3. The second-order valence-corrected chi connectivity index (χ2v) is 32.0. The van der Waals surface area contributed by atoms with E-state index in [-0.39, 0.29) is 86.1 Å². The summed E-state index contributed by atoms with van der Waals surface area (Å²) >= 11 is 1.69. The van der Waals surface area contributed by atoms with Gasteiger partial charge in [0, 0.05) is 66.3 Å². The van der Waals surface area contributed by atoms with Crippen LogP contribution in [0.2, 0.25) is 0 Å². The van der Waals surface area contributed by atoms with Crippen molar-refractivity contribution in [2.45, 2.75) is 136 Å². The lowest BCUT2D eigenvalue weighted by Gasteiger charge is -2.51. The molecular weight excluding hydrogens is 1610 g/mol. The number of aliphatic hydroxyl groups is 8. The van der Waals surface area contributed by atoms with E-state index in [9.17, 15) is 103 Å². The smallest absolute Gasteiger partial charge is 0.352 e. The molecule has 1 saturated heterocycles. The van der Waals surface area contributed by atoms with Crippen LogP contribution in [-0.4, -0.2) is 200 Å². The molecule has 6 heterocycles. The fraction of sp³-hybridized carbons (Fsp3) is 0.302. The summed E-state index contributed by atoms with van der Waals surface area (Å²) < 4.78 is 38.6. The number of hydrogen-bond acceptors (Lipinski definition) is 29. The van der Waals surface area contributed by atoms with Gasteiger partial charge in [-0.05, 0) is 165 Å². The van der Waals surface area contributed by atoms with E-state index in [2.05, 4.69) is 72.1 Å². The Kier molecular flexibility index (Phi) is 31.5. The minimum atomic E-state index is -3.80. The lowest BCUT2D eigenvalue weighted by Crippen LogP contribution is -2.66. The molecule has 9 aromatic rings. The second-order valence-electron chi connectivity index (χ2n) is 29.5. The molecule has 0 amide bonds. The molecule has 0 spiro atoms. The Morgan fingerprint density at radius 1 is 0.769 bits per heavy atom. The molecule has 1 fully saturated rings. The highest BCUT2D eigenvalue weighted by atomic mass is 32.2. The third kappa shape index (κ3) is 22.5. The van der Waals surface area contributed by atoms with Gasteiger partial charge in [0.1, 0.15) is 87.9 Å². The van der Waals surface area contributed by atoms with Crippen LogP contribution in [0.15, 0.2) is 171 Å². The number of H-pyrrole nitrogens is 1. The van der Waals surface area contributed by atoms with E-state index in [0.717, 1.165) is 41.7 Å². The van der Waals surface area contributed by atoms with Crippen molar-refractivity contribution in [3.8, 4) is 45.4 Å². The number of nitrogens with one attached hydrogen (secondary N) is 1. The Labute approximate surface area is 696 Å². The predicted molar refractivity (Wildman–Crippen MR) is 444 cm³/mol. The number of carboxylic acids is 3. The monoisotopic (exact) mass is 1710 g/mol. The predicted octanol–water partition coefficient (Wildman–Crippen LogP) is 8.50. The van der Waals surface area contributed by atoms with Gasteiger partial charge >= 0.3 is 17.9 Å². The van der Waals surface area contributed by atoms with Crippen LogP contribution in [-0.2, 0) is 39.1 Å². The van der Waals surface area contributed by atoms with Crippen molar-refractivity contribution in [1.82, 2.24) is 19.9 Å². The third-order valence-corrected chi connectivity index (χ3v) is 22.2. The molecule has 33 nitrogen and oxygen atoms in total. The van der Waals surface area contributed by atoms with E-state index in [4.69, 9.17) is 40.5 Å². The number of aliphatic hydroxyl groups excluding tert-OH is 7. The van der Waals surface area contributed by atoms with E-state index in [0.29, 0.717) is 39.3 Å². The number of fused-ring (bicyclic) bond motifs is 6. The number of thiophene rings is 1. The number of pyridine rings is 1. The highest BCUT2D eigenvalue weighted by Crippen LogP contribution is 2.52. The van der Waals surface area contributed by atoms with Gasteiger partial charge in [0.25, 0.3) is 15.9 Å². The van der Waals surface area contributed by atoms with Crippen LogP contribution in [0, 0.1) is 19.3 Å². The minimum absolute atomic E-state index is 0.0289. The number of aromatic nitrogens is 4. The normalized spacial score (nSPS) is 18.5. The van der Waals surface area contributed by atoms with Crippen molar-refractivity contribution in [2.24, 2.45) is 11.1 Å². The van der Waals surface area contributed by atoms with Gasteiger partial charge in [-0.3, -0.25) is 23.7 Å². The number of aromatic amines is 1. The Morgan fingerprint density at radius 2 is 1.45 bits per heavy atom. The molecule has 642 valence electrons. The van der Waals surface area contributed by atoms with Gasteiger partial charge in [-0.1, -0.05) is 85.7 Å². The Balaban J connectivity index is 0.000000186. The summed E-state index contributed by atoms with van der Waals surface area (Å²) in [7, 11) is -3.80. The van der Waals surface area contributed by atoms with Crippen molar-refractivity contribution < 1.29 is 127 Å². The number of carboxylic acid groups (broad SMARTS) is 3. The quantitative estimate of drug-likeness (QED) is 0.0126. The first-order chi connectivity index (χ1) is 56.9. The molecule has 4 unspecified atom stereocenters. The molecule has 121 heavy (non-hydrogen) atoms. The van der Waals surface area contributed by atoms with Crippen molar-refractivity contribution >= 4 is 73.5 Å². The van der Waals surface area contributed by atoms with E-state index in [1.165, 1.54) is 120 Å². The maximum absolute atomic E-state index is 13.2. The number of rotatable bonds is 18. The number of nitrogen functional groups attached to an aromatic ring is 1. The number of ketones is 3. The van der Waals surface area contributed by atoms with Gasteiger partial charge < -0.3 is 102 Å². The van der Waals surface area contributed by atoms with E-state index >= 15 is 0 Å². The van der Waals surface area contributed by atoms with Crippen LogP contribution >= 0.6 is 11.3 Å². The first-order valence-corrected chi connectivity index (χ1v) is 39.9. The highest BCUT2D eigenvalue weighted by molar-refractivity contribution is 7.85. The SMILES string of the molecule is CC1(C2c3cccc(O)c3C(=O)c3c(O)cc(CO)cc32)OC(CO)[C@@H](O)C(O)[C@@H]1O.CC1=C(/C=C/C(C)=C/C=C/C(C)=C/C(=O)O)C(C)(C)CCC1.Cc1ncc(Cc2csc(CCO)c2C)c(N)n1.NCCS(=O)(=O)O.O=C(O)c1cc2c([nH]1)-c1c(C(=O)O)cc(C(O)O)nc1C(=O)C2=O.O=c1c(-c2ccc(O)cc2)coc2cc(O)ccc12. The summed E-state index contributed by atoms with van der Waals surface area (Å²) in [5.74, 6) is -7.40. The molecule has 35 heteroatoms. The molecule has 6 atom stereocenters. The standard InChI is InChI=1S/C22H24O9.C20H28O2.C15H10O4.C14H8N2O8.C13H17N3OS.C2H7NO3S/c1-22(21(30)20(29)18(27)14(8-24)31-22)17-10-3-2-4-12(25)15(10)19(28)16-11(17)5-9(7-23)6-13(16)26;1-15(8-6-9-16(2)14-19(21)22)11-12-18-17(3)10-7-13-20(18,4)5;16-10-3-1-9(2-4-10)13-8-19-14-7-11(17)5-6-12(14)15(13)18;17-10-4-2-6(14(23)24)15-8(4)7-3(12(19)20)1-5(13(21)22)16-9(7)11(10)18;1-8-11(7-18-12(8)3-4-17)5-10-6-15-9(2)16-13(10)14;3-1-2-7(4,5)6/h2-6,14,17-18,20-21,23-27,29-30H,7-8H2,1H3;6,8-9,11-12,14H,7,10,13H2,1-5H3,(H,21,22);1-8,16-17H;1-2,13,15,21-22H,(H,19,20)(H,23,24);6-7,17H,3-5H2,1-2H3,(H2,14,15,16);1-3H2,(H,4,5,6)/b;9-6+,12-11+,15-8+,16-14+;;;;/t14?,17?,18-,20?,21+,22?;;;;;/m1...../s1. The van der Waals surface area contributed by atoms with Crippen molar-refractivity contribution in [3.63, 3.8) is 0 Å². The summed E-state index contributed by atoms with van der Waals surface area (Å²) in [6.07, 6.45) is 11.3. The molecule has 13 rings (SSSR count). The zero-order chi connectivity index (χ0) is 89.6. The van der Waals surface area contributed by atoms with Crippen molar-refractivity contribution in [3.05, 3.63) is 255 Å². The molecule has 1 aliphatic heterocycles. The number of hydrogen-bond donors (Lipinski definition) is 19. The third-order valence-electron chi connectivity index (χ3n) is 20.3. The number of ether oxygens (including phenoxy) is 1. The first-order valence-electron chi connectivity index (χ1n) is 37.4. The highest BCUT2D eigenvalue weighted by Gasteiger charge is 2.57. The van der Waals surface area contributed by atoms with Crippen LogP contribution in [0.3, 0.4) is 0 Å². The fourth-order valence-electron chi connectivity index (χ4n) is 14.1. The van der Waals surface area contributed by atoms with E-state index in [1.807, 2.05) is 19.1 Å². The average Bonchev–Trinajstić information content (AvgIpc) is 1.31. The van der Waals surface area contributed by atoms with Crippen molar-refractivity contribution in [2.75, 3.05) is 31.2 Å². The average molecular weight is 1710 g/mol. The number of anilines is 1. The second kappa shape index (κ2) is 40.3. The maximum Gasteiger partial charge on any atom is 0.352 e. The van der Waals surface area contributed by atoms with Crippen LogP contribution in [0.5, 0.6) is 23.0 Å². The minimum Gasteiger partial charge on any atom is -0.508 e. The maximum atomic E-state index is 13.2. The number of nitrogens with two attached hydrogens (primary N) is 2. The van der Waals surface area contributed by atoms with Gasteiger partial charge in [-0.15, -0.1) is 11.3 Å². The number of aromatic carboxylic acids is 2. The number of phenolic OH excluding ortho intramolecular Hbond substituents is 4. The summed E-state index contributed by atoms with van der Waals surface area (Å²) in [5, 5.41) is 147. The summed E-state index contributed by atoms with van der Waals surface area (Å²) in [6, 6.07) is 19.5. The lowest BCUT2D eigenvalue weighted by atomic mass is 9.65. The summed E-state index contributed by atoms with van der Waals surface area (Å²) in [4.78, 5) is 98.5. The van der Waals surface area contributed by atoms with Crippen LogP contribution < -0.4 is 16.9 Å². The van der Waals surface area contributed by atoms with Gasteiger partial charge in [0.2, 0.25) is 11.6 Å². The van der Waals surface area contributed by atoms with Gasteiger partial charge in [0.05, 0.1) is 63.6 Å². The molecule has 3 aliphatic carbocycles. The van der Waals surface area contributed by atoms with Crippen LogP contribution in [0.1, 0.15) is 180 Å². The lowest BCUT2D eigenvalue weighted by molar-refractivity contribution is -0.272. The van der Waals surface area contributed by atoms with Crippen molar-refractivity contribution in [1.29, 1.82) is 0 Å². The van der Waals surface area contributed by atoms with Crippen LogP contribution in [0.4, 0.5) is 5.82 Å². The number of carbonyl (C=O) groups excluding carboxylic acids is 3. The number of Topliss-reactive ketones (excluding diaryl/α,β-unsaturated/α-hetero) is 2. The van der Waals surface area contributed by atoms with E-state index in [1.54, 1.807) is 48.7 Å². The van der Waals surface area contributed by atoms with E-state index < -0.39 is 129 Å². The first kappa shape index (κ1) is 94.4. The molecular formula is C86H94N6O27S2. The molecule has 21 N–H and O–H groups in total. The molecule has 5 aromatic heterocycles. The summed E-state index contributed by atoms with van der Waals surface area (Å²) in [5.41, 5.74) is 16.5. The van der Waals surface area contributed by atoms with Gasteiger partial charge in [0.15, 0.2) is 11.7 Å². The van der Waals surface area contributed by atoms with Crippen LogP contribution in [0.25, 0.3) is 33.4 Å². The molecule has 0 bridgehead atoms. The Morgan fingerprint density at radius 3 is 2.04 bits per heavy atom.